The predicted octanol–water partition coefficient (Wildman–Crippen LogP) is 2.82. The van der Waals surface area contributed by atoms with Crippen molar-refractivity contribution in [1.29, 1.82) is 0 Å². The van der Waals surface area contributed by atoms with E-state index >= 15 is 0 Å². The average Bonchev–Trinajstić information content (AvgIpc) is 2.50. The monoisotopic (exact) mass is 286 g/mol. The molecular weight excluding hydrogens is 268 g/mol. The van der Waals surface area contributed by atoms with Gasteiger partial charge in [-0.15, -0.1) is 10.2 Å². The fraction of sp³-hybridized carbons (Fsp3) is 0.267. The first-order valence-electron chi connectivity index (χ1n) is 6.64. The van der Waals surface area contributed by atoms with Crippen molar-refractivity contribution in [2.24, 2.45) is 5.92 Å². The van der Waals surface area contributed by atoms with E-state index in [0.29, 0.717) is 11.6 Å². The number of methoxy groups -OCH3 is 1. The lowest BCUT2D eigenvalue weighted by Gasteiger charge is -2.08. The summed E-state index contributed by atoms with van der Waals surface area (Å²) in [4.78, 5) is 11.5. The third kappa shape index (κ3) is 4.17. The first-order chi connectivity index (χ1) is 10.1. The first kappa shape index (κ1) is 14.8. The van der Waals surface area contributed by atoms with Gasteiger partial charge in [0.1, 0.15) is 5.75 Å². The number of aromatic nitrogens is 2. The Bertz CT molecular complexity index is 594. The molecule has 1 amide bonds. The molecule has 0 fully saturated rings. The molecule has 110 valence electrons. The molecule has 2 N–H and O–H groups in total. The van der Waals surface area contributed by atoms with Crippen LogP contribution in [0.25, 0.3) is 0 Å². The molecule has 0 atom stereocenters. The average molecular weight is 286 g/mol. The van der Waals surface area contributed by atoms with Crippen molar-refractivity contribution in [2.45, 2.75) is 13.8 Å². The maximum atomic E-state index is 11.5. The van der Waals surface area contributed by atoms with Crippen molar-refractivity contribution in [3.05, 3.63) is 36.4 Å². The largest absolute Gasteiger partial charge is 0.497 e. The van der Waals surface area contributed by atoms with Crippen LogP contribution in [0.3, 0.4) is 0 Å². The summed E-state index contributed by atoms with van der Waals surface area (Å²) in [6, 6.07) is 10.9. The van der Waals surface area contributed by atoms with Crippen LogP contribution in [0.15, 0.2) is 36.4 Å². The van der Waals surface area contributed by atoms with E-state index in [-0.39, 0.29) is 11.8 Å². The summed E-state index contributed by atoms with van der Waals surface area (Å²) in [5, 5.41) is 13.8. The lowest BCUT2D eigenvalue weighted by Crippen LogP contribution is -2.18. The van der Waals surface area contributed by atoms with E-state index in [1.165, 1.54) is 0 Å². The number of anilines is 3. The van der Waals surface area contributed by atoms with Gasteiger partial charge in [-0.05, 0) is 36.4 Å². The maximum Gasteiger partial charge on any atom is 0.228 e. The van der Waals surface area contributed by atoms with Crippen LogP contribution >= 0.6 is 0 Å². The quantitative estimate of drug-likeness (QED) is 0.884. The minimum atomic E-state index is -0.0936. The lowest BCUT2D eigenvalue weighted by molar-refractivity contribution is -0.118. The highest BCUT2D eigenvalue weighted by atomic mass is 16.5. The van der Waals surface area contributed by atoms with Gasteiger partial charge in [0.05, 0.1) is 7.11 Å². The number of hydrogen-bond acceptors (Lipinski definition) is 5. The Morgan fingerprint density at radius 1 is 1.05 bits per heavy atom. The van der Waals surface area contributed by atoms with E-state index in [0.717, 1.165) is 11.4 Å². The Morgan fingerprint density at radius 2 is 1.67 bits per heavy atom. The van der Waals surface area contributed by atoms with E-state index in [9.17, 15) is 4.79 Å². The number of nitrogens with zero attached hydrogens (tertiary/aromatic N) is 2. The highest BCUT2D eigenvalue weighted by Gasteiger charge is 2.08. The Labute approximate surface area is 123 Å². The lowest BCUT2D eigenvalue weighted by atomic mass is 10.2. The van der Waals surface area contributed by atoms with Crippen molar-refractivity contribution < 1.29 is 9.53 Å². The fourth-order valence-corrected chi connectivity index (χ4v) is 1.56. The minimum Gasteiger partial charge on any atom is -0.497 e. The molecule has 2 rings (SSSR count). The van der Waals surface area contributed by atoms with E-state index in [4.69, 9.17) is 4.74 Å². The van der Waals surface area contributed by atoms with Crippen LogP contribution in [-0.4, -0.2) is 23.2 Å². The molecule has 0 aliphatic heterocycles. The molecule has 0 saturated carbocycles. The van der Waals surface area contributed by atoms with Crippen molar-refractivity contribution in [2.75, 3.05) is 17.7 Å². The Kier molecular flexibility index (Phi) is 4.71. The molecule has 1 aromatic carbocycles. The molecule has 0 radical (unpaired) electrons. The number of nitrogens with one attached hydrogen (secondary N) is 2. The van der Waals surface area contributed by atoms with Gasteiger partial charge in [0.15, 0.2) is 11.6 Å². The molecule has 0 aliphatic rings. The second-order valence-electron chi connectivity index (χ2n) is 4.80. The molecule has 0 aliphatic carbocycles. The van der Waals surface area contributed by atoms with Gasteiger partial charge in [-0.3, -0.25) is 4.79 Å². The van der Waals surface area contributed by atoms with Crippen molar-refractivity contribution >= 4 is 23.2 Å². The van der Waals surface area contributed by atoms with Gasteiger partial charge in [0, 0.05) is 11.6 Å². The van der Waals surface area contributed by atoms with Gasteiger partial charge in [-0.2, -0.15) is 0 Å². The summed E-state index contributed by atoms with van der Waals surface area (Å²) in [6.45, 7) is 3.64. The highest BCUT2D eigenvalue weighted by Crippen LogP contribution is 2.18. The molecule has 1 aromatic heterocycles. The molecule has 1 heterocycles. The number of carbonyl (C=O) groups excluding carboxylic acids is 1. The topological polar surface area (TPSA) is 76.1 Å². The van der Waals surface area contributed by atoms with Crippen LogP contribution < -0.4 is 15.4 Å². The summed E-state index contributed by atoms with van der Waals surface area (Å²) in [7, 11) is 1.62. The zero-order chi connectivity index (χ0) is 15.2. The molecule has 0 saturated heterocycles. The minimum absolute atomic E-state index is 0.0832. The van der Waals surface area contributed by atoms with E-state index in [1.54, 1.807) is 19.2 Å². The van der Waals surface area contributed by atoms with Crippen LogP contribution in [-0.2, 0) is 4.79 Å². The Hall–Kier alpha value is -2.63. The number of hydrogen-bond donors (Lipinski definition) is 2. The van der Waals surface area contributed by atoms with Crippen LogP contribution in [0.2, 0.25) is 0 Å². The van der Waals surface area contributed by atoms with Gasteiger partial charge < -0.3 is 15.4 Å². The third-order valence-corrected chi connectivity index (χ3v) is 2.80. The molecule has 21 heavy (non-hydrogen) atoms. The molecule has 6 nitrogen and oxygen atoms in total. The second-order valence-corrected chi connectivity index (χ2v) is 4.80. The number of ether oxygens (including phenoxy) is 1. The highest BCUT2D eigenvalue weighted by molar-refractivity contribution is 5.91. The second kappa shape index (κ2) is 6.69. The first-order valence-corrected chi connectivity index (χ1v) is 6.64. The van der Waals surface area contributed by atoms with Crippen LogP contribution in [0.5, 0.6) is 5.75 Å². The van der Waals surface area contributed by atoms with Crippen molar-refractivity contribution in [3.8, 4) is 5.75 Å². The molecule has 0 unspecified atom stereocenters. The number of benzene rings is 1. The van der Waals surface area contributed by atoms with Gasteiger partial charge in [-0.25, -0.2) is 0 Å². The van der Waals surface area contributed by atoms with Gasteiger partial charge in [0.25, 0.3) is 0 Å². The predicted molar refractivity (Wildman–Crippen MR) is 81.8 cm³/mol. The maximum absolute atomic E-state index is 11.5. The van der Waals surface area contributed by atoms with Gasteiger partial charge in [-0.1, -0.05) is 13.8 Å². The molecule has 2 aromatic rings. The SMILES string of the molecule is COc1ccc(Nc2ccc(NC(=O)C(C)C)nn2)cc1. The van der Waals surface area contributed by atoms with Gasteiger partial charge in [0.2, 0.25) is 5.91 Å². The zero-order valence-electron chi connectivity index (χ0n) is 12.3. The molecule has 6 heteroatoms. The standard InChI is InChI=1S/C15H18N4O2/c1-10(2)15(20)17-14-9-8-13(18-19-14)16-11-4-6-12(21-3)7-5-11/h4-10H,1-3H3,(H,16,18)(H,17,19,20). The van der Waals surface area contributed by atoms with E-state index in [2.05, 4.69) is 20.8 Å². The summed E-state index contributed by atoms with van der Waals surface area (Å²) in [5.41, 5.74) is 0.879. The summed E-state index contributed by atoms with van der Waals surface area (Å²) in [6.07, 6.45) is 0. The number of rotatable bonds is 5. The number of amides is 1. The van der Waals surface area contributed by atoms with E-state index < -0.39 is 0 Å². The summed E-state index contributed by atoms with van der Waals surface area (Å²) >= 11 is 0. The normalized spacial score (nSPS) is 10.3. The zero-order valence-corrected chi connectivity index (χ0v) is 12.3. The summed E-state index contributed by atoms with van der Waals surface area (Å²) in [5.74, 6) is 1.65. The van der Waals surface area contributed by atoms with Crippen LogP contribution in [0.4, 0.5) is 17.3 Å². The van der Waals surface area contributed by atoms with Crippen molar-refractivity contribution in [3.63, 3.8) is 0 Å². The molecular formula is C15H18N4O2. The van der Waals surface area contributed by atoms with Crippen LogP contribution in [0.1, 0.15) is 13.8 Å². The third-order valence-electron chi connectivity index (χ3n) is 2.80. The Balaban J connectivity index is 2.00. The molecule has 0 bridgehead atoms. The summed E-state index contributed by atoms with van der Waals surface area (Å²) < 4.78 is 5.10. The number of carbonyl (C=O) groups is 1. The smallest absolute Gasteiger partial charge is 0.228 e. The molecule has 0 spiro atoms. The van der Waals surface area contributed by atoms with Crippen molar-refractivity contribution in [1.82, 2.24) is 10.2 Å². The van der Waals surface area contributed by atoms with E-state index in [1.807, 2.05) is 38.1 Å². The van der Waals surface area contributed by atoms with Crippen LogP contribution in [0, 0.1) is 5.92 Å². The Morgan fingerprint density at radius 3 is 2.19 bits per heavy atom. The van der Waals surface area contributed by atoms with Gasteiger partial charge >= 0.3 is 0 Å². The fourth-order valence-electron chi connectivity index (χ4n) is 1.56.